The molecule has 19 heavy (non-hydrogen) atoms. The molecule has 1 aromatic rings. The molecule has 0 amide bonds. The number of aromatic nitrogens is 1. The predicted octanol–water partition coefficient (Wildman–Crippen LogP) is 2.25. The molecule has 0 aliphatic carbocycles. The molecule has 0 aromatic carbocycles. The van der Waals surface area contributed by atoms with Crippen molar-refractivity contribution in [3.05, 3.63) is 16.1 Å². The fraction of sp³-hybridized carbons (Fsp3) is 0.692. The lowest BCUT2D eigenvalue weighted by Crippen LogP contribution is -2.32. The number of ether oxygens (including phenoxy) is 2. The van der Waals surface area contributed by atoms with E-state index in [1.54, 1.807) is 12.5 Å². The van der Waals surface area contributed by atoms with Gasteiger partial charge >= 0.3 is 5.97 Å². The van der Waals surface area contributed by atoms with Gasteiger partial charge in [0, 0.05) is 18.5 Å². The Morgan fingerprint density at radius 2 is 2.16 bits per heavy atom. The normalized spacial score (nSPS) is 14.4. The zero-order valence-electron chi connectivity index (χ0n) is 12.1. The average Bonchev–Trinajstić information content (AvgIpc) is 2.88. The number of carbonyl (C=O) groups excluding carboxylic acids is 1. The maximum atomic E-state index is 11.4. The van der Waals surface area contributed by atoms with Crippen molar-refractivity contribution in [3.8, 4) is 0 Å². The number of rotatable bonds is 7. The largest absolute Gasteiger partial charge is 0.464 e. The summed E-state index contributed by atoms with van der Waals surface area (Å²) in [7, 11) is 4.96. The van der Waals surface area contributed by atoms with E-state index in [0.29, 0.717) is 17.7 Å². The number of methoxy groups -OCH3 is 2. The van der Waals surface area contributed by atoms with Crippen molar-refractivity contribution in [1.29, 1.82) is 0 Å². The van der Waals surface area contributed by atoms with Gasteiger partial charge in [-0.15, -0.1) is 11.3 Å². The molecule has 0 fully saturated rings. The molecule has 1 heterocycles. The van der Waals surface area contributed by atoms with Crippen LogP contribution in [0.3, 0.4) is 0 Å². The van der Waals surface area contributed by atoms with Gasteiger partial charge in [0.25, 0.3) is 0 Å². The lowest BCUT2D eigenvalue weighted by Gasteiger charge is -2.24. The molecule has 6 heteroatoms. The third kappa shape index (κ3) is 4.26. The summed E-state index contributed by atoms with van der Waals surface area (Å²) >= 11 is 1.43. The third-order valence-corrected chi connectivity index (χ3v) is 4.06. The highest BCUT2D eigenvalue weighted by molar-refractivity contribution is 7.09. The minimum absolute atomic E-state index is 0.108. The van der Waals surface area contributed by atoms with Crippen molar-refractivity contribution in [3.63, 3.8) is 0 Å². The summed E-state index contributed by atoms with van der Waals surface area (Å²) in [6.45, 7) is 4.32. The fourth-order valence-corrected chi connectivity index (χ4v) is 2.76. The highest BCUT2D eigenvalue weighted by atomic mass is 32.1. The lowest BCUT2D eigenvalue weighted by molar-refractivity contribution is 0.0591. The van der Waals surface area contributed by atoms with E-state index in [4.69, 9.17) is 4.74 Å². The van der Waals surface area contributed by atoms with Gasteiger partial charge in [0.1, 0.15) is 11.1 Å². The molecule has 0 saturated heterocycles. The molecule has 0 spiro atoms. The molecule has 0 aliphatic rings. The van der Waals surface area contributed by atoms with Crippen LogP contribution in [0.15, 0.2) is 5.38 Å². The molecule has 1 aromatic heterocycles. The second-order valence-electron chi connectivity index (χ2n) is 4.66. The van der Waals surface area contributed by atoms with Crippen molar-refractivity contribution in [2.45, 2.75) is 32.4 Å². The van der Waals surface area contributed by atoms with E-state index in [1.807, 2.05) is 7.05 Å². The molecule has 0 unspecified atom stereocenters. The second-order valence-corrected chi connectivity index (χ2v) is 5.55. The molecule has 0 bridgehead atoms. The molecule has 1 rings (SSSR count). The van der Waals surface area contributed by atoms with Crippen LogP contribution in [0, 0.1) is 5.92 Å². The van der Waals surface area contributed by atoms with Gasteiger partial charge in [-0.1, -0.05) is 13.8 Å². The summed E-state index contributed by atoms with van der Waals surface area (Å²) in [5, 5.41) is 5.80. The first-order valence-corrected chi connectivity index (χ1v) is 7.15. The van der Waals surface area contributed by atoms with Crippen LogP contribution >= 0.6 is 11.3 Å². The fourth-order valence-electron chi connectivity index (χ4n) is 1.89. The summed E-state index contributed by atoms with van der Waals surface area (Å²) in [5.41, 5.74) is 0.343. The Labute approximate surface area is 118 Å². The Bertz CT molecular complexity index is 406. The minimum atomic E-state index is -0.411. The number of hydrogen-bond acceptors (Lipinski definition) is 6. The molecule has 0 radical (unpaired) electrons. The molecule has 1 N–H and O–H groups in total. The van der Waals surface area contributed by atoms with Gasteiger partial charge in [-0.05, 0) is 19.4 Å². The Morgan fingerprint density at radius 1 is 1.47 bits per heavy atom. The zero-order chi connectivity index (χ0) is 14.4. The topological polar surface area (TPSA) is 60.5 Å². The Kier molecular flexibility index (Phi) is 6.41. The molecule has 0 saturated carbocycles. The first-order valence-electron chi connectivity index (χ1n) is 6.27. The van der Waals surface area contributed by atoms with Crippen molar-refractivity contribution >= 4 is 17.3 Å². The van der Waals surface area contributed by atoms with Crippen LogP contribution in [-0.2, 0) is 9.47 Å². The lowest BCUT2D eigenvalue weighted by atomic mass is 9.98. The van der Waals surface area contributed by atoms with Crippen LogP contribution in [-0.4, -0.2) is 38.3 Å². The minimum Gasteiger partial charge on any atom is -0.464 e. The third-order valence-electron chi connectivity index (χ3n) is 3.12. The summed E-state index contributed by atoms with van der Waals surface area (Å²) in [6, 6.07) is 0.343. The van der Waals surface area contributed by atoms with Gasteiger partial charge in [0.15, 0.2) is 5.69 Å². The SMILES string of the molecule is CN[C@H](C[C@@H](OC)c1nc(C(=O)OC)cs1)C(C)C. The van der Waals surface area contributed by atoms with E-state index in [0.717, 1.165) is 11.4 Å². The molecule has 0 aliphatic heterocycles. The van der Waals surface area contributed by atoms with Crippen LogP contribution in [0.25, 0.3) is 0 Å². The van der Waals surface area contributed by atoms with Gasteiger partial charge in [0.05, 0.1) is 7.11 Å². The summed E-state index contributed by atoms with van der Waals surface area (Å²) in [6.07, 6.45) is 0.710. The van der Waals surface area contributed by atoms with Gasteiger partial charge < -0.3 is 14.8 Å². The summed E-state index contributed by atoms with van der Waals surface area (Å²) in [4.78, 5) is 15.7. The van der Waals surface area contributed by atoms with Crippen molar-refractivity contribution in [1.82, 2.24) is 10.3 Å². The highest BCUT2D eigenvalue weighted by Crippen LogP contribution is 2.27. The van der Waals surface area contributed by atoms with E-state index < -0.39 is 5.97 Å². The Morgan fingerprint density at radius 3 is 2.63 bits per heavy atom. The van der Waals surface area contributed by atoms with E-state index in [9.17, 15) is 4.79 Å². The van der Waals surface area contributed by atoms with Crippen LogP contribution < -0.4 is 5.32 Å². The van der Waals surface area contributed by atoms with Crippen molar-refractivity contribution < 1.29 is 14.3 Å². The average molecular weight is 286 g/mol. The van der Waals surface area contributed by atoms with Crippen LogP contribution in [0.4, 0.5) is 0 Å². The predicted molar refractivity (Wildman–Crippen MR) is 75.5 cm³/mol. The summed E-state index contributed by atoms with van der Waals surface area (Å²) < 4.78 is 10.2. The Balaban J connectivity index is 2.79. The number of carbonyl (C=O) groups is 1. The first-order chi connectivity index (χ1) is 9.03. The maximum absolute atomic E-state index is 11.4. The second kappa shape index (κ2) is 7.57. The highest BCUT2D eigenvalue weighted by Gasteiger charge is 2.23. The van der Waals surface area contributed by atoms with E-state index in [2.05, 4.69) is 28.9 Å². The smallest absolute Gasteiger partial charge is 0.357 e. The van der Waals surface area contributed by atoms with Gasteiger partial charge in [-0.2, -0.15) is 0 Å². The van der Waals surface area contributed by atoms with E-state index >= 15 is 0 Å². The molecular formula is C13H22N2O3S. The molecular weight excluding hydrogens is 264 g/mol. The van der Waals surface area contributed by atoms with Crippen LogP contribution in [0.5, 0.6) is 0 Å². The standard InChI is InChI=1S/C13H22N2O3S/c1-8(2)9(14-3)6-11(17-4)12-15-10(7-19-12)13(16)18-5/h7-9,11,14H,6H2,1-5H3/t9-,11-/m1/s1. The first kappa shape index (κ1) is 16.1. The number of nitrogens with one attached hydrogen (secondary N) is 1. The van der Waals surface area contributed by atoms with E-state index in [1.165, 1.54) is 18.4 Å². The van der Waals surface area contributed by atoms with Crippen molar-refractivity contribution in [2.75, 3.05) is 21.3 Å². The number of esters is 1. The van der Waals surface area contributed by atoms with Crippen LogP contribution in [0.2, 0.25) is 0 Å². The monoisotopic (exact) mass is 286 g/mol. The van der Waals surface area contributed by atoms with Crippen LogP contribution in [0.1, 0.15) is 41.9 Å². The van der Waals surface area contributed by atoms with Gasteiger partial charge in [-0.3, -0.25) is 0 Å². The van der Waals surface area contributed by atoms with Gasteiger partial charge in [0.2, 0.25) is 0 Å². The van der Waals surface area contributed by atoms with Crippen molar-refractivity contribution in [2.24, 2.45) is 5.92 Å². The van der Waals surface area contributed by atoms with Gasteiger partial charge in [-0.25, -0.2) is 9.78 Å². The molecule has 2 atom stereocenters. The zero-order valence-corrected chi connectivity index (χ0v) is 12.9. The van der Waals surface area contributed by atoms with E-state index in [-0.39, 0.29) is 6.10 Å². The summed E-state index contributed by atoms with van der Waals surface area (Å²) in [5.74, 6) is 0.0917. The number of thiazole rings is 1. The number of nitrogens with zero attached hydrogens (tertiary/aromatic N) is 1. The maximum Gasteiger partial charge on any atom is 0.357 e. The quantitative estimate of drug-likeness (QED) is 0.779. The molecule has 5 nitrogen and oxygen atoms in total. The molecule has 108 valence electrons. The Hall–Kier alpha value is -0.980. The number of hydrogen-bond donors (Lipinski definition) is 1.